The number of rotatable bonds is 3. The maximum Gasteiger partial charge on any atom is 0.321 e. The number of hydrogen-bond acceptors (Lipinski definition) is 3. The molecular formula is C20H23ClN4O2. The Morgan fingerprint density at radius 3 is 2.26 bits per heavy atom. The molecule has 1 saturated heterocycles. The Bertz CT molecular complexity index is 830. The third kappa shape index (κ3) is 4.92. The van der Waals surface area contributed by atoms with Crippen LogP contribution in [-0.4, -0.2) is 43.0 Å². The summed E-state index contributed by atoms with van der Waals surface area (Å²) >= 11 is 6.02. The van der Waals surface area contributed by atoms with E-state index in [9.17, 15) is 9.59 Å². The lowest BCUT2D eigenvalue weighted by Crippen LogP contribution is -2.50. The lowest BCUT2D eigenvalue weighted by atomic mass is 10.2. The smallest absolute Gasteiger partial charge is 0.321 e. The van der Waals surface area contributed by atoms with E-state index in [1.165, 1.54) is 6.92 Å². The van der Waals surface area contributed by atoms with Crippen LogP contribution in [0.1, 0.15) is 12.5 Å². The molecule has 2 aromatic carbocycles. The van der Waals surface area contributed by atoms with Crippen molar-refractivity contribution in [1.82, 2.24) is 4.90 Å². The van der Waals surface area contributed by atoms with Crippen LogP contribution in [0.25, 0.3) is 0 Å². The van der Waals surface area contributed by atoms with Gasteiger partial charge in [0.2, 0.25) is 5.91 Å². The topological polar surface area (TPSA) is 64.7 Å². The van der Waals surface area contributed by atoms with Crippen molar-refractivity contribution in [3.8, 4) is 0 Å². The van der Waals surface area contributed by atoms with E-state index in [4.69, 9.17) is 11.6 Å². The lowest BCUT2D eigenvalue weighted by Gasteiger charge is -2.36. The zero-order valence-electron chi connectivity index (χ0n) is 15.5. The minimum absolute atomic E-state index is 0.0858. The Labute approximate surface area is 164 Å². The van der Waals surface area contributed by atoms with E-state index in [0.717, 1.165) is 35.7 Å². The number of nitrogens with one attached hydrogen (secondary N) is 2. The predicted molar refractivity (Wildman–Crippen MR) is 110 cm³/mol. The highest BCUT2D eigenvalue weighted by Crippen LogP contribution is 2.22. The molecule has 0 radical (unpaired) electrons. The fraction of sp³-hybridized carbons (Fsp3) is 0.300. The van der Waals surface area contributed by atoms with Crippen LogP contribution in [0.15, 0.2) is 42.5 Å². The Hall–Kier alpha value is -2.73. The van der Waals surface area contributed by atoms with Crippen LogP contribution >= 0.6 is 11.6 Å². The average Bonchev–Trinajstić information content (AvgIpc) is 2.65. The number of halogens is 1. The highest BCUT2D eigenvalue weighted by Gasteiger charge is 2.21. The Balaban J connectivity index is 1.56. The summed E-state index contributed by atoms with van der Waals surface area (Å²) in [5.74, 6) is -0.0858. The van der Waals surface area contributed by atoms with Crippen LogP contribution in [0.5, 0.6) is 0 Å². The van der Waals surface area contributed by atoms with E-state index in [1.807, 2.05) is 48.2 Å². The average molecular weight is 387 g/mol. The number of hydrogen-bond donors (Lipinski definition) is 2. The molecule has 6 nitrogen and oxygen atoms in total. The van der Waals surface area contributed by atoms with E-state index in [1.54, 1.807) is 6.07 Å². The second kappa shape index (κ2) is 8.31. The molecule has 1 aliphatic heterocycles. The highest BCUT2D eigenvalue weighted by atomic mass is 35.5. The number of nitrogens with zero attached hydrogens (tertiary/aromatic N) is 2. The van der Waals surface area contributed by atoms with Crippen LogP contribution in [0, 0.1) is 6.92 Å². The Morgan fingerprint density at radius 1 is 0.963 bits per heavy atom. The number of urea groups is 1. The van der Waals surface area contributed by atoms with Gasteiger partial charge in [-0.2, -0.15) is 0 Å². The maximum atomic E-state index is 12.5. The number of piperazine rings is 1. The zero-order valence-corrected chi connectivity index (χ0v) is 16.2. The van der Waals surface area contributed by atoms with Crippen molar-refractivity contribution >= 4 is 40.6 Å². The molecule has 1 fully saturated rings. The van der Waals surface area contributed by atoms with E-state index in [0.29, 0.717) is 18.1 Å². The largest absolute Gasteiger partial charge is 0.368 e. The molecule has 142 valence electrons. The SMILES string of the molecule is CC(=O)Nc1ccc(N2CCN(C(=O)Nc3cc(Cl)ccc3C)CC2)cc1. The molecule has 3 amide bonds. The van der Waals surface area contributed by atoms with Crippen molar-refractivity contribution in [3.63, 3.8) is 0 Å². The number of anilines is 3. The molecule has 2 aromatic rings. The van der Waals surface area contributed by atoms with Gasteiger partial charge < -0.3 is 20.4 Å². The van der Waals surface area contributed by atoms with Gasteiger partial charge >= 0.3 is 6.03 Å². The molecule has 0 atom stereocenters. The molecule has 0 spiro atoms. The summed E-state index contributed by atoms with van der Waals surface area (Å²) in [5, 5.41) is 6.31. The fourth-order valence-electron chi connectivity index (χ4n) is 3.05. The Kier molecular flexibility index (Phi) is 5.86. The van der Waals surface area contributed by atoms with Crippen molar-refractivity contribution in [1.29, 1.82) is 0 Å². The molecule has 0 saturated carbocycles. The predicted octanol–water partition coefficient (Wildman–Crippen LogP) is 3.96. The van der Waals surface area contributed by atoms with Gasteiger partial charge in [-0.05, 0) is 48.9 Å². The summed E-state index contributed by atoms with van der Waals surface area (Å²) in [6.07, 6.45) is 0. The molecule has 0 bridgehead atoms. The second-order valence-electron chi connectivity index (χ2n) is 6.59. The lowest BCUT2D eigenvalue weighted by molar-refractivity contribution is -0.114. The number of amides is 3. The van der Waals surface area contributed by atoms with Crippen LogP contribution in [0.4, 0.5) is 21.9 Å². The summed E-state index contributed by atoms with van der Waals surface area (Å²) in [6, 6.07) is 13.1. The molecule has 0 aromatic heterocycles. The van der Waals surface area contributed by atoms with Gasteiger partial charge in [0.05, 0.1) is 0 Å². The number of benzene rings is 2. The number of carbonyl (C=O) groups excluding carboxylic acids is 2. The van der Waals surface area contributed by atoms with Gasteiger partial charge in [0.15, 0.2) is 0 Å². The van der Waals surface area contributed by atoms with Crippen molar-refractivity contribution in [2.75, 3.05) is 41.7 Å². The van der Waals surface area contributed by atoms with E-state index in [2.05, 4.69) is 15.5 Å². The summed E-state index contributed by atoms with van der Waals surface area (Å²) in [4.78, 5) is 27.7. The van der Waals surface area contributed by atoms with Crippen molar-refractivity contribution < 1.29 is 9.59 Å². The third-order valence-corrected chi connectivity index (χ3v) is 4.80. The maximum absolute atomic E-state index is 12.5. The van der Waals surface area contributed by atoms with Gasteiger partial charge in [0, 0.05) is 55.2 Å². The van der Waals surface area contributed by atoms with E-state index in [-0.39, 0.29) is 11.9 Å². The monoisotopic (exact) mass is 386 g/mol. The van der Waals surface area contributed by atoms with Gasteiger partial charge in [0.25, 0.3) is 0 Å². The van der Waals surface area contributed by atoms with Crippen molar-refractivity contribution in [2.45, 2.75) is 13.8 Å². The normalized spacial score (nSPS) is 14.0. The van der Waals surface area contributed by atoms with E-state index >= 15 is 0 Å². The quantitative estimate of drug-likeness (QED) is 0.839. The minimum atomic E-state index is -0.110. The number of carbonyl (C=O) groups is 2. The molecule has 0 unspecified atom stereocenters. The zero-order chi connectivity index (χ0) is 19.4. The fourth-order valence-corrected chi connectivity index (χ4v) is 3.22. The second-order valence-corrected chi connectivity index (χ2v) is 7.03. The van der Waals surface area contributed by atoms with Crippen molar-refractivity contribution in [2.24, 2.45) is 0 Å². The van der Waals surface area contributed by atoms with Gasteiger partial charge in [-0.3, -0.25) is 4.79 Å². The van der Waals surface area contributed by atoms with Gasteiger partial charge in [-0.1, -0.05) is 17.7 Å². The third-order valence-electron chi connectivity index (χ3n) is 4.56. The first-order chi connectivity index (χ1) is 12.9. The summed E-state index contributed by atoms with van der Waals surface area (Å²) in [7, 11) is 0. The minimum Gasteiger partial charge on any atom is -0.368 e. The summed E-state index contributed by atoms with van der Waals surface area (Å²) < 4.78 is 0. The molecule has 3 rings (SSSR count). The summed E-state index contributed by atoms with van der Waals surface area (Å²) in [6.45, 7) is 6.21. The standard InChI is InChI=1S/C20H23ClN4O2/c1-14-3-4-16(21)13-19(14)23-20(27)25-11-9-24(10-12-25)18-7-5-17(6-8-18)22-15(2)26/h3-8,13H,9-12H2,1-2H3,(H,22,26)(H,23,27). The molecule has 1 heterocycles. The number of aryl methyl sites for hydroxylation is 1. The van der Waals surface area contributed by atoms with Gasteiger partial charge in [0.1, 0.15) is 0 Å². The van der Waals surface area contributed by atoms with Gasteiger partial charge in [-0.15, -0.1) is 0 Å². The first-order valence-corrected chi connectivity index (χ1v) is 9.25. The first-order valence-electron chi connectivity index (χ1n) is 8.87. The van der Waals surface area contributed by atoms with E-state index < -0.39 is 0 Å². The first kappa shape index (κ1) is 19.0. The van der Waals surface area contributed by atoms with Gasteiger partial charge in [-0.25, -0.2) is 4.79 Å². The van der Waals surface area contributed by atoms with Crippen LogP contribution in [0.3, 0.4) is 0 Å². The van der Waals surface area contributed by atoms with Crippen LogP contribution in [-0.2, 0) is 4.79 Å². The highest BCUT2D eigenvalue weighted by molar-refractivity contribution is 6.31. The molecule has 1 aliphatic rings. The molecule has 7 heteroatoms. The molecule has 0 aliphatic carbocycles. The Morgan fingerprint density at radius 2 is 1.63 bits per heavy atom. The molecule has 27 heavy (non-hydrogen) atoms. The molecular weight excluding hydrogens is 364 g/mol. The van der Waals surface area contributed by atoms with Crippen LogP contribution in [0.2, 0.25) is 5.02 Å². The van der Waals surface area contributed by atoms with Crippen molar-refractivity contribution in [3.05, 3.63) is 53.1 Å². The summed E-state index contributed by atoms with van der Waals surface area (Å²) in [5.41, 5.74) is 3.57. The van der Waals surface area contributed by atoms with Crippen LogP contribution < -0.4 is 15.5 Å². The molecule has 2 N–H and O–H groups in total.